The monoisotopic (exact) mass is 295 g/mol. The molecule has 1 fully saturated rings. The Morgan fingerprint density at radius 1 is 1.25 bits per heavy atom. The molecule has 110 valence electrons. The molecule has 6 heteroatoms. The van der Waals surface area contributed by atoms with E-state index in [-0.39, 0.29) is 6.61 Å². The third-order valence-electron chi connectivity index (χ3n) is 4.09. The van der Waals surface area contributed by atoms with Crippen LogP contribution in [0.15, 0.2) is 5.47 Å². The molecule has 0 atom stereocenters. The highest BCUT2D eigenvalue weighted by Crippen LogP contribution is 2.38. The molecule has 1 saturated heterocycles. The van der Waals surface area contributed by atoms with Gasteiger partial charge >= 0.3 is 7.12 Å². The maximum atomic E-state index is 9.61. The van der Waals surface area contributed by atoms with Gasteiger partial charge in [0.1, 0.15) is 5.01 Å². The van der Waals surface area contributed by atoms with Crippen LogP contribution in [0.5, 0.6) is 0 Å². The van der Waals surface area contributed by atoms with Crippen LogP contribution < -0.4 is 0 Å². The van der Waals surface area contributed by atoms with Crippen molar-refractivity contribution < 1.29 is 14.4 Å². The van der Waals surface area contributed by atoms with E-state index < -0.39 is 18.3 Å². The van der Waals surface area contributed by atoms with Crippen molar-refractivity contribution in [3.05, 3.63) is 21.1 Å². The molecular weight excluding hydrogens is 273 g/mol. The molecule has 20 heavy (non-hydrogen) atoms. The van der Waals surface area contributed by atoms with Crippen LogP contribution in [0.3, 0.4) is 0 Å². The number of aliphatic hydroxyl groups is 1. The van der Waals surface area contributed by atoms with E-state index in [1.54, 1.807) is 11.3 Å². The van der Waals surface area contributed by atoms with Gasteiger partial charge in [0.05, 0.1) is 23.5 Å². The van der Waals surface area contributed by atoms with Gasteiger partial charge in [-0.25, -0.2) is 4.98 Å². The molecule has 0 amide bonds. The molecule has 0 unspecified atom stereocenters. The quantitative estimate of drug-likeness (QED) is 0.871. The first-order valence-electron chi connectivity index (χ1n) is 6.77. The molecule has 2 heterocycles. The standard InChI is InChI=1S/C14H22BNO3S/c1-9-10(2)20-12(16-9)7-11(8-17)15-18-13(3,4)14(5,6)19-15/h7,17H,8H2,1-6H3. The summed E-state index contributed by atoms with van der Waals surface area (Å²) in [6, 6.07) is 0. The number of aryl methyl sites for hydroxylation is 2. The molecule has 0 radical (unpaired) electrons. The summed E-state index contributed by atoms with van der Waals surface area (Å²) in [4.78, 5) is 5.64. The second-order valence-electron chi connectivity index (χ2n) is 6.16. The Morgan fingerprint density at radius 2 is 1.80 bits per heavy atom. The molecule has 1 aromatic heterocycles. The SMILES string of the molecule is Cc1nc(C=C(CO)B2OC(C)(C)C(C)(C)O2)sc1C. The first-order valence-corrected chi connectivity index (χ1v) is 7.59. The van der Waals surface area contributed by atoms with Gasteiger partial charge in [0.2, 0.25) is 0 Å². The van der Waals surface area contributed by atoms with E-state index in [9.17, 15) is 5.11 Å². The van der Waals surface area contributed by atoms with Crippen LogP contribution in [0.4, 0.5) is 0 Å². The zero-order valence-electron chi connectivity index (χ0n) is 13.0. The lowest BCUT2D eigenvalue weighted by molar-refractivity contribution is 0.00578. The fraction of sp³-hybridized carbons (Fsp3) is 0.643. The van der Waals surface area contributed by atoms with Gasteiger partial charge in [-0.2, -0.15) is 0 Å². The summed E-state index contributed by atoms with van der Waals surface area (Å²) in [6.45, 7) is 11.9. The number of hydrogen-bond acceptors (Lipinski definition) is 5. The third-order valence-corrected chi connectivity index (χ3v) is 5.11. The van der Waals surface area contributed by atoms with Gasteiger partial charge in [-0.05, 0) is 53.1 Å². The second-order valence-corrected chi connectivity index (χ2v) is 7.39. The van der Waals surface area contributed by atoms with Crippen molar-refractivity contribution in [1.82, 2.24) is 4.98 Å². The molecule has 2 rings (SSSR count). The highest BCUT2D eigenvalue weighted by atomic mass is 32.1. The lowest BCUT2D eigenvalue weighted by atomic mass is 9.78. The average Bonchev–Trinajstić information content (AvgIpc) is 2.73. The summed E-state index contributed by atoms with van der Waals surface area (Å²) >= 11 is 1.61. The van der Waals surface area contributed by atoms with Crippen LogP contribution in [0.1, 0.15) is 43.3 Å². The summed E-state index contributed by atoms with van der Waals surface area (Å²) < 4.78 is 11.9. The molecule has 0 bridgehead atoms. The van der Waals surface area contributed by atoms with Crippen LogP contribution in [0.25, 0.3) is 6.08 Å². The summed E-state index contributed by atoms with van der Waals surface area (Å²) in [5.74, 6) is 0. The molecule has 1 aromatic rings. The smallest absolute Gasteiger partial charge is 0.400 e. The number of nitrogens with zero attached hydrogens (tertiary/aromatic N) is 1. The average molecular weight is 295 g/mol. The molecule has 1 aliphatic heterocycles. The lowest BCUT2D eigenvalue weighted by Gasteiger charge is -2.32. The molecule has 0 saturated carbocycles. The van der Waals surface area contributed by atoms with Crippen molar-refractivity contribution in [1.29, 1.82) is 0 Å². The number of rotatable bonds is 3. The predicted octanol–water partition coefficient (Wildman–Crippen LogP) is 2.77. The van der Waals surface area contributed by atoms with Gasteiger partial charge in [0.15, 0.2) is 0 Å². The van der Waals surface area contributed by atoms with E-state index in [1.165, 1.54) is 4.88 Å². The minimum atomic E-state index is -0.519. The van der Waals surface area contributed by atoms with Gasteiger partial charge in [-0.3, -0.25) is 0 Å². The zero-order valence-corrected chi connectivity index (χ0v) is 13.8. The maximum absolute atomic E-state index is 9.61. The highest BCUT2D eigenvalue weighted by Gasteiger charge is 2.52. The summed E-state index contributed by atoms with van der Waals surface area (Å²) in [5, 5.41) is 10.5. The zero-order chi connectivity index (χ0) is 15.1. The first kappa shape index (κ1) is 15.7. The lowest BCUT2D eigenvalue weighted by Crippen LogP contribution is -2.41. The fourth-order valence-electron chi connectivity index (χ4n) is 1.90. The van der Waals surface area contributed by atoms with Crippen LogP contribution in [0, 0.1) is 13.8 Å². The van der Waals surface area contributed by atoms with Crippen LogP contribution in [-0.4, -0.2) is 35.0 Å². The fourth-order valence-corrected chi connectivity index (χ4v) is 2.80. The minimum Gasteiger partial charge on any atom is -0.400 e. The first-order chi connectivity index (χ1) is 9.16. The molecule has 0 aliphatic carbocycles. The van der Waals surface area contributed by atoms with E-state index in [1.807, 2.05) is 47.6 Å². The molecule has 1 N–H and O–H groups in total. The van der Waals surface area contributed by atoms with Crippen molar-refractivity contribution in [2.24, 2.45) is 0 Å². The minimum absolute atomic E-state index is 0.103. The highest BCUT2D eigenvalue weighted by molar-refractivity contribution is 7.12. The Hall–Kier alpha value is -0.685. The molecule has 1 aliphatic rings. The summed E-state index contributed by atoms with van der Waals surface area (Å²) in [5.41, 5.74) is 0.922. The number of aromatic nitrogens is 1. The predicted molar refractivity (Wildman–Crippen MR) is 82.7 cm³/mol. The second kappa shape index (κ2) is 5.26. The number of aliphatic hydroxyl groups excluding tert-OH is 1. The normalized spacial score (nSPS) is 21.6. The number of hydrogen-bond donors (Lipinski definition) is 1. The molecular formula is C14H22BNO3S. The Kier molecular flexibility index (Phi) is 4.13. The van der Waals surface area contributed by atoms with Gasteiger partial charge in [0.25, 0.3) is 0 Å². The molecule has 0 spiro atoms. The van der Waals surface area contributed by atoms with Crippen molar-refractivity contribution >= 4 is 24.5 Å². The van der Waals surface area contributed by atoms with E-state index in [0.29, 0.717) is 5.47 Å². The van der Waals surface area contributed by atoms with E-state index in [2.05, 4.69) is 4.98 Å². The largest absolute Gasteiger partial charge is 0.493 e. The Labute approximate surface area is 125 Å². The van der Waals surface area contributed by atoms with Crippen molar-refractivity contribution in [3.8, 4) is 0 Å². The van der Waals surface area contributed by atoms with E-state index in [4.69, 9.17) is 9.31 Å². The van der Waals surface area contributed by atoms with Crippen molar-refractivity contribution in [3.63, 3.8) is 0 Å². The van der Waals surface area contributed by atoms with E-state index in [0.717, 1.165) is 10.7 Å². The van der Waals surface area contributed by atoms with Crippen LogP contribution in [0.2, 0.25) is 0 Å². The Balaban J connectivity index is 2.26. The van der Waals surface area contributed by atoms with Crippen molar-refractivity contribution in [2.45, 2.75) is 52.7 Å². The Morgan fingerprint density at radius 3 is 2.20 bits per heavy atom. The topological polar surface area (TPSA) is 51.6 Å². The molecule has 0 aromatic carbocycles. The van der Waals surface area contributed by atoms with Gasteiger partial charge in [-0.1, -0.05) is 0 Å². The summed E-state index contributed by atoms with van der Waals surface area (Å²) in [6.07, 6.45) is 1.87. The summed E-state index contributed by atoms with van der Waals surface area (Å²) in [7, 11) is -0.519. The van der Waals surface area contributed by atoms with Crippen molar-refractivity contribution in [2.75, 3.05) is 6.61 Å². The van der Waals surface area contributed by atoms with E-state index >= 15 is 0 Å². The van der Waals surface area contributed by atoms with Gasteiger partial charge < -0.3 is 14.4 Å². The van der Waals surface area contributed by atoms with Gasteiger partial charge in [-0.15, -0.1) is 11.3 Å². The Bertz CT molecular complexity index is 501. The van der Waals surface area contributed by atoms with Crippen LogP contribution >= 0.6 is 11.3 Å². The number of thiazole rings is 1. The van der Waals surface area contributed by atoms with Crippen LogP contribution in [-0.2, 0) is 9.31 Å². The van der Waals surface area contributed by atoms with Gasteiger partial charge in [0, 0.05) is 4.88 Å². The maximum Gasteiger partial charge on any atom is 0.493 e. The third kappa shape index (κ3) is 2.84. The molecule has 4 nitrogen and oxygen atoms in total.